The van der Waals surface area contributed by atoms with Crippen LogP contribution in [0.2, 0.25) is 0 Å². The van der Waals surface area contributed by atoms with Gasteiger partial charge in [0.15, 0.2) is 5.78 Å². The minimum atomic E-state index is -1.19. The number of aryl methyl sites for hydroxylation is 1. The van der Waals surface area contributed by atoms with Crippen molar-refractivity contribution >= 4 is 5.78 Å². The van der Waals surface area contributed by atoms with Crippen molar-refractivity contribution in [3.05, 3.63) is 71.3 Å². The third-order valence-corrected chi connectivity index (χ3v) is 3.16. The smallest absolute Gasteiger partial charge is 0.195 e. The summed E-state index contributed by atoms with van der Waals surface area (Å²) in [6, 6.07) is 18.0. The van der Waals surface area contributed by atoms with E-state index in [9.17, 15) is 9.90 Å². The minimum absolute atomic E-state index is 0.324. The molecule has 0 aromatic heterocycles. The fourth-order valence-corrected chi connectivity index (χ4v) is 2.12. The first kappa shape index (κ1) is 14.0. The predicted octanol–water partition coefficient (Wildman–Crippen LogP) is 3.06. The first-order valence-corrected chi connectivity index (χ1v) is 6.46. The molecule has 3 nitrogen and oxygen atoms in total. The third kappa shape index (κ3) is 3.11. The Kier molecular flexibility index (Phi) is 4.65. The topological polar surface area (TPSA) is 61.1 Å². The number of Topliss-reactive ketones (excluding diaryl/α,β-unsaturated/α-hetero) is 1. The molecule has 2 aromatic rings. The fraction of sp³-hybridized carbons (Fsp3) is 0.176. The molecule has 20 heavy (non-hydrogen) atoms. The Labute approximate surface area is 118 Å². The molecule has 0 radical (unpaired) electrons. The molecular formula is C17H15NO2. The van der Waals surface area contributed by atoms with Crippen LogP contribution in [0.5, 0.6) is 0 Å². The molecular weight excluding hydrogens is 250 g/mol. The average molecular weight is 265 g/mol. The number of ketones is 1. The number of hydrogen-bond acceptors (Lipinski definition) is 3. The van der Waals surface area contributed by atoms with Gasteiger partial charge in [0.2, 0.25) is 0 Å². The van der Waals surface area contributed by atoms with E-state index < -0.39 is 6.10 Å². The lowest BCUT2D eigenvalue weighted by molar-refractivity contribution is 0.0746. The first-order chi connectivity index (χ1) is 9.74. The van der Waals surface area contributed by atoms with Crippen LogP contribution >= 0.6 is 0 Å². The van der Waals surface area contributed by atoms with Gasteiger partial charge < -0.3 is 5.11 Å². The van der Waals surface area contributed by atoms with Crippen LogP contribution in [-0.2, 0) is 6.42 Å². The molecule has 1 atom stereocenters. The number of rotatable bonds is 5. The van der Waals surface area contributed by atoms with Gasteiger partial charge in [-0.3, -0.25) is 4.79 Å². The maximum atomic E-state index is 12.3. The van der Waals surface area contributed by atoms with Gasteiger partial charge in [0.1, 0.15) is 6.10 Å². The van der Waals surface area contributed by atoms with Crippen molar-refractivity contribution in [1.82, 2.24) is 0 Å². The van der Waals surface area contributed by atoms with Gasteiger partial charge in [-0.25, -0.2) is 0 Å². The zero-order valence-electron chi connectivity index (χ0n) is 11.0. The summed E-state index contributed by atoms with van der Waals surface area (Å²) in [4.78, 5) is 12.3. The third-order valence-electron chi connectivity index (χ3n) is 3.16. The number of aliphatic hydroxyl groups excluding tert-OH is 1. The molecule has 0 spiro atoms. The van der Waals surface area contributed by atoms with E-state index >= 15 is 0 Å². The van der Waals surface area contributed by atoms with Crippen LogP contribution in [0.25, 0.3) is 0 Å². The second-order valence-electron chi connectivity index (χ2n) is 4.49. The molecule has 2 aromatic carbocycles. The summed E-state index contributed by atoms with van der Waals surface area (Å²) in [5, 5.41) is 19.0. The van der Waals surface area contributed by atoms with E-state index in [4.69, 9.17) is 5.26 Å². The van der Waals surface area contributed by atoms with Gasteiger partial charge >= 0.3 is 0 Å². The zero-order chi connectivity index (χ0) is 14.4. The largest absolute Gasteiger partial charge is 0.380 e. The summed E-state index contributed by atoms with van der Waals surface area (Å²) >= 11 is 0. The molecule has 0 amide bonds. The minimum Gasteiger partial charge on any atom is -0.380 e. The SMILES string of the molecule is N#CCCc1ccccc1C(O)C(=O)c1ccccc1. The van der Waals surface area contributed by atoms with Gasteiger partial charge in [-0.15, -0.1) is 0 Å². The average Bonchev–Trinajstić information content (AvgIpc) is 2.52. The van der Waals surface area contributed by atoms with E-state index in [-0.39, 0.29) is 5.78 Å². The van der Waals surface area contributed by atoms with Gasteiger partial charge in [0, 0.05) is 12.0 Å². The van der Waals surface area contributed by atoms with Crippen LogP contribution in [0.1, 0.15) is 34.0 Å². The number of aliphatic hydroxyl groups is 1. The molecule has 3 heteroatoms. The molecule has 0 saturated carbocycles. The van der Waals surface area contributed by atoms with Crippen LogP contribution in [0.3, 0.4) is 0 Å². The van der Waals surface area contributed by atoms with Crippen molar-refractivity contribution in [2.45, 2.75) is 18.9 Å². The second kappa shape index (κ2) is 6.65. The van der Waals surface area contributed by atoms with Crippen LogP contribution in [0, 0.1) is 11.3 Å². The standard InChI is InChI=1S/C17H15NO2/c18-12-6-10-13-7-4-5-11-15(13)17(20)16(19)14-8-2-1-3-9-14/h1-5,7-9,11,17,20H,6,10H2. The van der Waals surface area contributed by atoms with E-state index in [1.165, 1.54) is 0 Å². The Bertz CT molecular complexity index is 629. The van der Waals surface area contributed by atoms with Gasteiger partial charge in [0.05, 0.1) is 6.07 Å². The maximum absolute atomic E-state index is 12.3. The van der Waals surface area contributed by atoms with Crippen molar-refractivity contribution in [1.29, 1.82) is 5.26 Å². The number of carbonyl (C=O) groups excluding carboxylic acids is 1. The number of benzene rings is 2. The van der Waals surface area contributed by atoms with E-state index in [0.717, 1.165) is 5.56 Å². The highest BCUT2D eigenvalue weighted by Crippen LogP contribution is 2.23. The molecule has 100 valence electrons. The maximum Gasteiger partial charge on any atom is 0.195 e. The Morgan fingerprint density at radius 3 is 2.45 bits per heavy atom. The van der Waals surface area contributed by atoms with Crippen LogP contribution in [-0.4, -0.2) is 10.9 Å². The van der Waals surface area contributed by atoms with E-state index in [1.807, 2.05) is 18.2 Å². The van der Waals surface area contributed by atoms with Gasteiger partial charge in [-0.05, 0) is 17.5 Å². The lowest BCUT2D eigenvalue weighted by Crippen LogP contribution is -2.14. The number of hydrogen-bond donors (Lipinski definition) is 1. The molecule has 0 aliphatic rings. The van der Waals surface area contributed by atoms with E-state index in [1.54, 1.807) is 36.4 Å². The summed E-state index contributed by atoms with van der Waals surface area (Å²) in [6.07, 6.45) is -0.290. The quantitative estimate of drug-likeness (QED) is 0.845. The summed E-state index contributed by atoms with van der Waals surface area (Å²) in [7, 11) is 0. The second-order valence-corrected chi connectivity index (χ2v) is 4.49. The van der Waals surface area contributed by atoms with Gasteiger partial charge in [0.25, 0.3) is 0 Å². The Hall–Kier alpha value is -2.44. The number of nitrogens with zero attached hydrogens (tertiary/aromatic N) is 1. The first-order valence-electron chi connectivity index (χ1n) is 6.46. The van der Waals surface area contributed by atoms with Crippen molar-refractivity contribution < 1.29 is 9.90 Å². The van der Waals surface area contributed by atoms with Crippen LogP contribution < -0.4 is 0 Å². The summed E-state index contributed by atoms with van der Waals surface area (Å²) in [5.41, 5.74) is 1.90. The van der Waals surface area contributed by atoms with Crippen molar-refractivity contribution in [2.75, 3.05) is 0 Å². The molecule has 2 rings (SSSR count). The molecule has 0 fully saturated rings. The summed E-state index contributed by atoms with van der Waals surface area (Å²) in [6.45, 7) is 0. The Balaban J connectivity index is 2.27. The predicted molar refractivity (Wildman–Crippen MR) is 76.1 cm³/mol. The molecule has 0 aliphatic carbocycles. The summed E-state index contributed by atoms with van der Waals surface area (Å²) < 4.78 is 0. The highest BCUT2D eigenvalue weighted by molar-refractivity contribution is 6.00. The highest BCUT2D eigenvalue weighted by Gasteiger charge is 2.21. The van der Waals surface area contributed by atoms with E-state index in [0.29, 0.717) is 24.0 Å². The molecule has 0 bridgehead atoms. The monoisotopic (exact) mass is 265 g/mol. The number of nitriles is 1. The molecule has 0 aliphatic heterocycles. The molecule has 1 unspecified atom stereocenters. The lowest BCUT2D eigenvalue weighted by atomic mass is 9.94. The fourth-order valence-electron chi connectivity index (χ4n) is 2.12. The van der Waals surface area contributed by atoms with Gasteiger partial charge in [-0.2, -0.15) is 5.26 Å². The summed E-state index contributed by atoms with van der Waals surface area (Å²) in [5.74, 6) is -0.324. The number of carbonyl (C=O) groups is 1. The van der Waals surface area contributed by atoms with Crippen molar-refractivity contribution in [3.8, 4) is 6.07 Å². The van der Waals surface area contributed by atoms with Crippen LogP contribution in [0.4, 0.5) is 0 Å². The molecule has 0 saturated heterocycles. The Morgan fingerprint density at radius 2 is 1.75 bits per heavy atom. The van der Waals surface area contributed by atoms with Crippen molar-refractivity contribution in [3.63, 3.8) is 0 Å². The molecule has 0 heterocycles. The normalized spacial score (nSPS) is 11.6. The molecule has 1 N–H and O–H groups in total. The van der Waals surface area contributed by atoms with E-state index in [2.05, 4.69) is 6.07 Å². The lowest BCUT2D eigenvalue weighted by Gasteiger charge is -2.14. The Morgan fingerprint density at radius 1 is 1.10 bits per heavy atom. The zero-order valence-corrected chi connectivity index (χ0v) is 11.0. The van der Waals surface area contributed by atoms with Crippen LogP contribution in [0.15, 0.2) is 54.6 Å². The van der Waals surface area contributed by atoms with Crippen molar-refractivity contribution in [2.24, 2.45) is 0 Å². The van der Waals surface area contributed by atoms with Gasteiger partial charge in [-0.1, -0.05) is 54.6 Å². The highest BCUT2D eigenvalue weighted by atomic mass is 16.3.